The second-order valence-electron chi connectivity index (χ2n) is 7.63. The number of aliphatic hydroxyl groups is 1. The van der Waals surface area contributed by atoms with E-state index in [9.17, 15) is 5.11 Å². The van der Waals surface area contributed by atoms with E-state index in [0.717, 1.165) is 39.0 Å². The second-order valence-corrected chi connectivity index (χ2v) is 7.63. The van der Waals surface area contributed by atoms with Crippen LogP contribution < -0.4 is 19.8 Å². The summed E-state index contributed by atoms with van der Waals surface area (Å²) in [5, 5.41) is 11.5. The van der Waals surface area contributed by atoms with Crippen LogP contribution in [0.1, 0.15) is 29.0 Å². The Bertz CT molecular complexity index is 1260. The number of hydrogen-bond donors (Lipinski definition) is 2. The van der Waals surface area contributed by atoms with Crippen molar-refractivity contribution in [2.24, 2.45) is 0 Å². The van der Waals surface area contributed by atoms with Crippen LogP contribution in [-0.4, -0.2) is 23.8 Å². The third-order valence-corrected chi connectivity index (χ3v) is 5.85. The van der Waals surface area contributed by atoms with Crippen LogP contribution in [0, 0.1) is 0 Å². The highest BCUT2D eigenvalue weighted by molar-refractivity contribution is 5.90. The summed E-state index contributed by atoms with van der Waals surface area (Å²) >= 11 is 0. The van der Waals surface area contributed by atoms with Gasteiger partial charge in [0.2, 0.25) is 12.1 Å². The molecular formula is C25H24N3O3+. The summed E-state index contributed by atoms with van der Waals surface area (Å²) in [7, 11) is 1.66. The Hall–Kier alpha value is -3.64. The van der Waals surface area contributed by atoms with E-state index in [2.05, 4.69) is 35.3 Å². The van der Waals surface area contributed by atoms with Crippen LogP contribution in [0.2, 0.25) is 0 Å². The standard InChI is InChI=1S/C25H23N3O3/c1-30-18-10-7-17(8-11-18)21-22-19-6-3-2-5-16(19)9-12-20(22)31-25-23(21)24(26)28(15-27-25)13-4-14-29/h2-3,5-12,15,21,26,29H,4,13-14H2,1H3/p+1/t21-/m1/s1. The maximum Gasteiger partial charge on any atom is 0.306 e. The van der Waals surface area contributed by atoms with Gasteiger partial charge in [0.1, 0.15) is 17.1 Å². The number of fused-ring (bicyclic) bond motifs is 4. The first-order chi connectivity index (χ1) is 15.2. The lowest BCUT2D eigenvalue weighted by Crippen LogP contribution is -2.40. The molecule has 2 heterocycles. The molecule has 0 fully saturated rings. The third-order valence-electron chi connectivity index (χ3n) is 5.85. The minimum Gasteiger partial charge on any atom is -0.497 e. The number of ether oxygens (including phenoxy) is 2. The molecule has 0 aliphatic carbocycles. The van der Waals surface area contributed by atoms with E-state index >= 15 is 0 Å². The van der Waals surface area contributed by atoms with Gasteiger partial charge in [0, 0.05) is 18.6 Å². The third kappa shape index (κ3) is 3.25. The zero-order chi connectivity index (χ0) is 21.4. The summed E-state index contributed by atoms with van der Waals surface area (Å²) in [6, 6.07) is 20.4. The van der Waals surface area contributed by atoms with Gasteiger partial charge in [0.25, 0.3) is 0 Å². The SMILES string of the molecule is COc1ccc([C@H]2c3c(nc[n+](CCCO)c3N)Oc3ccc4ccccc4c32)cc1. The molecule has 156 valence electrons. The van der Waals surface area contributed by atoms with Crippen LogP contribution in [-0.2, 0) is 6.54 Å². The van der Waals surface area contributed by atoms with Crippen LogP contribution in [0.25, 0.3) is 10.8 Å². The molecule has 6 nitrogen and oxygen atoms in total. The molecule has 0 unspecified atom stereocenters. The summed E-state index contributed by atoms with van der Waals surface area (Å²) in [4.78, 5) is 4.58. The molecule has 0 saturated heterocycles. The van der Waals surface area contributed by atoms with E-state index in [1.165, 1.54) is 0 Å². The molecular weight excluding hydrogens is 390 g/mol. The van der Waals surface area contributed by atoms with Gasteiger partial charge in [-0.05, 0) is 34.5 Å². The maximum atomic E-state index is 9.27. The number of nitrogen functional groups attached to an aromatic ring is 1. The molecule has 1 aliphatic rings. The Kier molecular flexibility index (Phi) is 4.92. The lowest BCUT2D eigenvalue weighted by Gasteiger charge is -2.28. The summed E-state index contributed by atoms with van der Waals surface area (Å²) in [6.45, 7) is 0.676. The molecule has 1 aliphatic heterocycles. The van der Waals surface area contributed by atoms with E-state index in [4.69, 9.17) is 15.2 Å². The van der Waals surface area contributed by atoms with Crippen LogP contribution in [0.3, 0.4) is 0 Å². The number of nitrogens with two attached hydrogens (primary N) is 1. The van der Waals surface area contributed by atoms with E-state index in [0.29, 0.717) is 24.7 Å². The average Bonchev–Trinajstić information content (AvgIpc) is 2.82. The smallest absolute Gasteiger partial charge is 0.306 e. The van der Waals surface area contributed by atoms with Crippen LogP contribution in [0.4, 0.5) is 5.82 Å². The van der Waals surface area contributed by atoms with Gasteiger partial charge >= 0.3 is 5.88 Å². The van der Waals surface area contributed by atoms with Crippen molar-refractivity contribution >= 4 is 16.6 Å². The maximum absolute atomic E-state index is 9.27. The number of benzene rings is 3. The molecule has 3 aromatic carbocycles. The van der Waals surface area contributed by atoms with Crippen molar-refractivity contribution in [2.45, 2.75) is 18.9 Å². The summed E-state index contributed by atoms with van der Waals surface area (Å²) in [6.07, 6.45) is 2.28. The van der Waals surface area contributed by atoms with E-state index in [1.54, 1.807) is 13.4 Å². The normalized spacial score (nSPS) is 14.6. The highest BCUT2D eigenvalue weighted by Crippen LogP contribution is 2.50. The van der Waals surface area contributed by atoms with Crippen LogP contribution in [0.15, 0.2) is 67.0 Å². The van der Waals surface area contributed by atoms with E-state index in [1.807, 2.05) is 34.9 Å². The Balaban J connectivity index is 1.78. The number of aryl methyl sites for hydroxylation is 1. The fourth-order valence-electron chi connectivity index (χ4n) is 4.33. The number of methoxy groups -OCH3 is 1. The van der Waals surface area contributed by atoms with Crippen molar-refractivity contribution in [1.82, 2.24) is 4.98 Å². The lowest BCUT2D eigenvalue weighted by molar-refractivity contribution is -0.686. The molecule has 5 rings (SSSR count). The second kappa shape index (κ2) is 7.89. The molecule has 6 heteroatoms. The molecule has 31 heavy (non-hydrogen) atoms. The number of aliphatic hydroxyl groups excluding tert-OH is 1. The molecule has 1 aromatic heterocycles. The first-order valence-corrected chi connectivity index (χ1v) is 10.3. The molecule has 0 saturated carbocycles. The molecule has 0 bridgehead atoms. The van der Waals surface area contributed by atoms with Crippen molar-refractivity contribution < 1.29 is 19.1 Å². The van der Waals surface area contributed by atoms with Crippen molar-refractivity contribution in [2.75, 3.05) is 19.5 Å². The van der Waals surface area contributed by atoms with Gasteiger partial charge in [-0.1, -0.05) is 47.4 Å². The summed E-state index contributed by atoms with van der Waals surface area (Å²) in [5.74, 6) is 2.54. The first-order valence-electron chi connectivity index (χ1n) is 10.3. The quantitative estimate of drug-likeness (QED) is 0.428. The topological polar surface area (TPSA) is 81.5 Å². The summed E-state index contributed by atoms with van der Waals surface area (Å²) < 4.78 is 13.5. The van der Waals surface area contributed by atoms with Gasteiger partial charge in [-0.2, -0.15) is 0 Å². The fraction of sp³-hybridized carbons (Fsp3) is 0.200. The van der Waals surface area contributed by atoms with Crippen molar-refractivity contribution in [3.63, 3.8) is 0 Å². The Morgan fingerprint density at radius 2 is 1.87 bits per heavy atom. The minimum absolute atomic E-state index is 0.0927. The predicted octanol–water partition coefficient (Wildman–Crippen LogP) is 3.78. The molecule has 0 spiro atoms. The zero-order valence-corrected chi connectivity index (χ0v) is 17.3. The summed E-state index contributed by atoms with van der Waals surface area (Å²) in [5.41, 5.74) is 9.66. The fourth-order valence-corrected chi connectivity index (χ4v) is 4.33. The highest BCUT2D eigenvalue weighted by atomic mass is 16.5. The van der Waals surface area contributed by atoms with Gasteiger partial charge in [-0.15, -0.1) is 0 Å². The van der Waals surface area contributed by atoms with Gasteiger partial charge in [-0.25, -0.2) is 4.57 Å². The van der Waals surface area contributed by atoms with Crippen molar-refractivity contribution in [3.05, 3.63) is 83.7 Å². The molecule has 1 atom stereocenters. The monoisotopic (exact) mass is 414 g/mol. The number of rotatable bonds is 5. The van der Waals surface area contributed by atoms with Crippen LogP contribution >= 0.6 is 0 Å². The number of hydrogen-bond acceptors (Lipinski definition) is 5. The van der Waals surface area contributed by atoms with Gasteiger partial charge in [0.15, 0.2) is 0 Å². The zero-order valence-electron chi connectivity index (χ0n) is 17.3. The van der Waals surface area contributed by atoms with E-state index in [-0.39, 0.29) is 12.5 Å². The number of anilines is 1. The average molecular weight is 414 g/mol. The lowest BCUT2D eigenvalue weighted by atomic mass is 9.81. The number of nitrogens with zero attached hydrogens (tertiary/aromatic N) is 2. The largest absolute Gasteiger partial charge is 0.497 e. The van der Waals surface area contributed by atoms with Gasteiger partial charge in [0.05, 0.1) is 19.6 Å². The van der Waals surface area contributed by atoms with Crippen molar-refractivity contribution in [1.29, 1.82) is 0 Å². The molecule has 4 aromatic rings. The van der Waals surface area contributed by atoms with Crippen molar-refractivity contribution in [3.8, 4) is 17.4 Å². The Morgan fingerprint density at radius 3 is 2.65 bits per heavy atom. The minimum atomic E-state index is -0.148. The van der Waals surface area contributed by atoms with Gasteiger partial charge in [-0.3, -0.25) is 0 Å². The number of aromatic nitrogens is 2. The Labute approximate surface area is 180 Å². The van der Waals surface area contributed by atoms with Crippen LogP contribution in [0.5, 0.6) is 17.4 Å². The highest BCUT2D eigenvalue weighted by Gasteiger charge is 2.37. The predicted molar refractivity (Wildman–Crippen MR) is 119 cm³/mol. The Morgan fingerprint density at radius 1 is 1.06 bits per heavy atom. The molecule has 0 radical (unpaired) electrons. The molecule has 0 amide bonds. The van der Waals surface area contributed by atoms with Gasteiger partial charge < -0.3 is 20.3 Å². The molecule has 3 N–H and O–H groups in total. The van der Waals surface area contributed by atoms with E-state index < -0.39 is 0 Å². The first kappa shape index (κ1) is 19.3.